The highest BCUT2D eigenvalue weighted by Crippen LogP contribution is 2.33. The predicted octanol–water partition coefficient (Wildman–Crippen LogP) is 0.404. The van der Waals surface area contributed by atoms with Crippen molar-refractivity contribution in [3.8, 4) is 11.8 Å². The molecule has 0 amide bonds. The summed E-state index contributed by atoms with van der Waals surface area (Å²) in [6.07, 6.45) is 1.54. The molecule has 0 aliphatic carbocycles. The molecule has 13 heavy (non-hydrogen) atoms. The molecule has 0 aromatic rings. The average Bonchev–Trinajstić information content (AvgIpc) is 2.40. The number of hydrogen-bond donors (Lipinski definition) is 0. The van der Waals surface area contributed by atoms with Gasteiger partial charge < -0.3 is 4.79 Å². The molecular formula is C9H12O3S. The minimum absolute atomic E-state index is 0.0296. The first-order valence-corrected chi connectivity index (χ1v) is 5.92. The Labute approximate surface area is 78.4 Å². The van der Waals surface area contributed by atoms with Gasteiger partial charge >= 0.3 is 0 Å². The van der Waals surface area contributed by atoms with E-state index in [0.29, 0.717) is 12.8 Å². The van der Waals surface area contributed by atoms with Crippen molar-refractivity contribution in [1.29, 1.82) is 0 Å². The Bertz CT molecular complexity index is 358. The first-order valence-electron chi connectivity index (χ1n) is 4.10. The third-order valence-electron chi connectivity index (χ3n) is 2.29. The van der Waals surface area contributed by atoms with Crippen LogP contribution in [0.3, 0.4) is 0 Å². The monoisotopic (exact) mass is 200 g/mol. The second-order valence-electron chi connectivity index (χ2n) is 3.43. The van der Waals surface area contributed by atoms with Gasteiger partial charge in [0.2, 0.25) is 0 Å². The Morgan fingerprint density at radius 2 is 2.23 bits per heavy atom. The van der Waals surface area contributed by atoms with Crippen molar-refractivity contribution in [2.24, 2.45) is 5.41 Å². The van der Waals surface area contributed by atoms with E-state index in [1.54, 1.807) is 6.92 Å². The minimum Gasteiger partial charge on any atom is -0.303 e. The van der Waals surface area contributed by atoms with Crippen molar-refractivity contribution in [2.45, 2.75) is 19.8 Å². The van der Waals surface area contributed by atoms with Crippen molar-refractivity contribution < 1.29 is 13.2 Å². The molecule has 3 nitrogen and oxygen atoms in total. The smallest absolute Gasteiger partial charge is 0.151 e. The van der Waals surface area contributed by atoms with Crippen LogP contribution in [0.2, 0.25) is 0 Å². The largest absolute Gasteiger partial charge is 0.303 e. The molecule has 1 atom stereocenters. The third kappa shape index (κ3) is 2.31. The van der Waals surface area contributed by atoms with Crippen molar-refractivity contribution >= 4 is 16.1 Å². The summed E-state index contributed by atoms with van der Waals surface area (Å²) >= 11 is 0. The van der Waals surface area contributed by atoms with Crippen molar-refractivity contribution in [3.05, 3.63) is 0 Å². The topological polar surface area (TPSA) is 51.2 Å². The molecule has 0 aromatic carbocycles. The molecule has 0 radical (unpaired) electrons. The lowest BCUT2D eigenvalue weighted by molar-refractivity contribution is -0.114. The zero-order valence-corrected chi connectivity index (χ0v) is 8.36. The maximum Gasteiger partial charge on any atom is 0.151 e. The Morgan fingerprint density at radius 1 is 1.54 bits per heavy atom. The van der Waals surface area contributed by atoms with Gasteiger partial charge in [0.1, 0.15) is 6.29 Å². The molecule has 1 rings (SSSR count). The molecule has 1 aliphatic heterocycles. The van der Waals surface area contributed by atoms with Crippen LogP contribution in [0.4, 0.5) is 0 Å². The van der Waals surface area contributed by atoms with Crippen molar-refractivity contribution in [1.82, 2.24) is 0 Å². The lowest BCUT2D eigenvalue weighted by atomic mass is 9.86. The zero-order chi connectivity index (χ0) is 9.95. The summed E-state index contributed by atoms with van der Waals surface area (Å²) in [7, 11) is -3.00. The fourth-order valence-corrected chi connectivity index (χ4v) is 3.53. The van der Waals surface area contributed by atoms with Crippen LogP contribution in [-0.4, -0.2) is 26.2 Å². The van der Waals surface area contributed by atoms with Crippen LogP contribution in [0.1, 0.15) is 19.8 Å². The van der Waals surface area contributed by atoms with Crippen LogP contribution in [0.15, 0.2) is 0 Å². The van der Waals surface area contributed by atoms with E-state index in [0.717, 1.165) is 6.29 Å². The lowest BCUT2D eigenvalue weighted by Gasteiger charge is -2.15. The maximum atomic E-state index is 11.2. The van der Waals surface area contributed by atoms with Crippen LogP contribution >= 0.6 is 0 Å². The summed E-state index contributed by atoms with van der Waals surface area (Å²) in [4.78, 5) is 10.8. The molecule has 0 bridgehead atoms. The first kappa shape index (κ1) is 10.3. The van der Waals surface area contributed by atoms with Crippen LogP contribution in [0, 0.1) is 17.3 Å². The zero-order valence-electron chi connectivity index (χ0n) is 7.54. The molecule has 1 heterocycles. The van der Waals surface area contributed by atoms with Crippen LogP contribution < -0.4 is 0 Å². The van der Waals surface area contributed by atoms with Gasteiger partial charge in [0.15, 0.2) is 9.84 Å². The molecule has 0 aromatic heterocycles. The minimum atomic E-state index is -3.00. The standard InChI is InChI=1S/C9H12O3S/c1-2-3-4-9(7-10)5-6-13(11,12)8-9/h7H,4-6,8H2,1H3. The van der Waals surface area contributed by atoms with Crippen LogP contribution in [-0.2, 0) is 14.6 Å². The molecule has 1 aliphatic rings. The van der Waals surface area contributed by atoms with E-state index in [4.69, 9.17) is 0 Å². The highest BCUT2D eigenvalue weighted by Gasteiger charge is 2.41. The van der Waals surface area contributed by atoms with Crippen LogP contribution in [0.25, 0.3) is 0 Å². The van der Waals surface area contributed by atoms with Gasteiger partial charge in [-0.3, -0.25) is 0 Å². The van der Waals surface area contributed by atoms with Gasteiger partial charge in [-0.25, -0.2) is 8.42 Å². The SMILES string of the molecule is CC#CCC1(C=O)CCS(=O)(=O)C1. The summed E-state index contributed by atoms with van der Waals surface area (Å²) in [5.41, 5.74) is -0.720. The molecule has 0 N–H and O–H groups in total. The number of hydrogen-bond acceptors (Lipinski definition) is 3. The second-order valence-corrected chi connectivity index (χ2v) is 5.61. The van der Waals surface area contributed by atoms with E-state index in [2.05, 4.69) is 11.8 Å². The molecule has 0 spiro atoms. The Morgan fingerprint density at radius 3 is 2.62 bits per heavy atom. The number of sulfone groups is 1. The van der Waals surface area contributed by atoms with Gasteiger partial charge in [-0.05, 0) is 13.3 Å². The fraction of sp³-hybridized carbons (Fsp3) is 0.667. The van der Waals surface area contributed by atoms with E-state index >= 15 is 0 Å². The van der Waals surface area contributed by atoms with E-state index < -0.39 is 15.3 Å². The average molecular weight is 200 g/mol. The van der Waals surface area contributed by atoms with E-state index in [-0.39, 0.29) is 11.5 Å². The van der Waals surface area contributed by atoms with Gasteiger partial charge in [0.25, 0.3) is 0 Å². The summed E-state index contributed by atoms with van der Waals surface area (Å²) < 4.78 is 22.3. The Balaban J connectivity index is 2.84. The normalized spacial score (nSPS) is 30.5. The highest BCUT2D eigenvalue weighted by molar-refractivity contribution is 7.91. The van der Waals surface area contributed by atoms with Crippen molar-refractivity contribution in [3.63, 3.8) is 0 Å². The molecule has 0 saturated carbocycles. The summed E-state index contributed by atoms with van der Waals surface area (Å²) in [6.45, 7) is 1.68. The Kier molecular flexibility index (Phi) is 2.77. The van der Waals surface area contributed by atoms with Gasteiger partial charge in [-0.15, -0.1) is 11.8 Å². The third-order valence-corrected chi connectivity index (χ3v) is 4.13. The summed E-state index contributed by atoms with van der Waals surface area (Å²) in [5, 5.41) is 0. The quantitative estimate of drug-likeness (QED) is 0.479. The first-order chi connectivity index (χ1) is 6.04. The second kappa shape index (κ2) is 3.51. The van der Waals surface area contributed by atoms with E-state index in [1.807, 2.05) is 0 Å². The fourth-order valence-electron chi connectivity index (χ4n) is 1.48. The molecule has 72 valence electrons. The van der Waals surface area contributed by atoms with Gasteiger partial charge in [0, 0.05) is 6.42 Å². The van der Waals surface area contributed by atoms with Crippen LogP contribution in [0.5, 0.6) is 0 Å². The highest BCUT2D eigenvalue weighted by atomic mass is 32.2. The molecule has 1 saturated heterocycles. The molecule has 1 unspecified atom stereocenters. The van der Waals surface area contributed by atoms with Crippen molar-refractivity contribution in [2.75, 3.05) is 11.5 Å². The Hall–Kier alpha value is -0.820. The molecular weight excluding hydrogens is 188 g/mol. The maximum absolute atomic E-state index is 11.2. The summed E-state index contributed by atoms with van der Waals surface area (Å²) in [5.74, 6) is 5.54. The molecule has 1 fully saturated rings. The van der Waals surface area contributed by atoms with Gasteiger partial charge in [0.05, 0.1) is 16.9 Å². The van der Waals surface area contributed by atoms with Gasteiger partial charge in [-0.1, -0.05) is 0 Å². The van der Waals surface area contributed by atoms with Gasteiger partial charge in [-0.2, -0.15) is 0 Å². The number of carbonyl (C=O) groups excluding carboxylic acids is 1. The van der Waals surface area contributed by atoms with E-state index in [9.17, 15) is 13.2 Å². The van der Waals surface area contributed by atoms with E-state index in [1.165, 1.54) is 0 Å². The predicted molar refractivity (Wildman–Crippen MR) is 49.8 cm³/mol. The lowest BCUT2D eigenvalue weighted by Crippen LogP contribution is -2.23. The number of carbonyl (C=O) groups is 1. The number of aldehydes is 1. The molecule has 4 heteroatoms. The number of rotatable bonds is 2. The summed E-state index contributed by atoms with van der Waals surface area (Å²) in [6, 6.07) is 0.